The lowest BCUT2D eigenvalue weighted by Gasteiger charge is -2.28. The lowest BCUT2D eigenvalue weighted by molar-refractivity contribution is -0.193. The van der Waals surface area contributed by atoms with Gasteiger partial charge in [-0.2, -0.15) is 0 Å². The fraction of sp³-hybridized carbons (Fsp3) is 0.441. The second-order valence-corrected chi connectivity index (χ2v) is 10.9. The maximum absolute atomic E-state index is 13.2. The first kappa shape index (κ1) is 32.8. The average Bonchev–Trinajstić information content (AvgIpc) is 2.96. The van der Waals surface area contributed by atoms with Gasteiger partial charge in [0.2, 0.25) is 0 Å². The highest BCUT2D eigenvalue weighted by Crippen LogP contribution is 2.19. The van der Waals surface area contributed by atoms with Crippen molar-refractivity contribution in [3.8, 4) is 0 Å². The maximum atomic E-state index is 13.2. The molecule has 0 spiro atoms. The van der Waals surface area contributed by atoms with E-state index in [1.54, 1.807) is 27.7 Å². The highest BCUT2D eigenvalue weighted by atomic mass is 16.6. The van der Waals surface area contributed by atoms with Crippen LogP contribution in [0.1, 0.15) is 58.1 Å². The van der Waals surface area contributed by atoms with Crippen LogP contribution in [0.5, 0.6) is 0 Å². The molecule has 0 saturated carbocycles. The molecule has 3 aromatic carbocycles. The van der Waals surface area contributed by atoms with Gasteiger partial charge in [-0.3, -0.25) is 0 Å². The average molecular weight is 579 g/mol. The van der Waals surface area contributed by atoms with Crippen molar-refractivity contribution in [2.75, 3.05) is 19.8 Å². The van der Waals surface area contributed by atoms with Crippen LogP contribution in [0.25, 0.3) is 10.8 Å². The molecular weight excluding hydrogens is 536 g/mol. The van der Waals surface area contributed by atoms with Crippen molar-refractivity contribution in [2.45, 2.75) is 77.8 Å². The van der Waals surface area contributed by atoms with E-state index in [1.807, 2.05) is 42.5 Å². The molecule has 3 aromatic rings. The molecule has 0 N–H and O–H groups in total. The quantitative estimate of drug-likeness (QED) is 0.117. The number of rotatable bonds is 16. The summed E-state index contributed by atoms with van der Waals surface area (Å²) in [4.78, 5) is 38.4. The minimum atomic E-state index is -1.52. The minimum Gasteiger partial charge on any atom is -0.464 e. The van der Waals surface area contributed by atoms with E-state index in [-0.39, 0.29) is 19.8 Å². The lowest BCUT2D eigenvalue weighted by atomic mass is 10.0. The van der Waals surface area contributed by atoms with Crippen LogP contribution in [0.15, 0.2) is 72.8 Å². The van der Waals surface area contributed by atoms with Crippen LogP contribution >= 0.6 is 0 Å². The highest BCUT2D eigenvalue weighted by molar-refractivity contribution is 5.86. The summed E-state index contributed by atoms with van der Waals surface area (Å²) < 4.78 is 27.5. The van der Waals surface area contributed by atoms with E-state index in [0.717, 1.165) is 24.8 Å². The summed E-state index contributed by atoms with van der Waals surface area (Å²) in [5.74, 6) is -2.28. The summed E-state index contributed by atoms with van der Waals surface area (Å²) in [5.41, 5.74) is 1.18. The smallest absolute Gasteiger partial charge is 0.339 e. The lowest BCUT2D eigenvalue weighted by Crippen LogP contribution is -2.48. The number of carbonyl (C=O) groups is 3. The zero-order chi connectivity index (χ0) is 30.4. The molecule has 0 aliphatic rings. The Balaban J connectivity index is 1.63. The predicted octanol–water partition coefficient (Wildman–Crippen LogP) is 5.97. The Bertz CT molecular complexity index is 1280. The first-order chi connectivity index (χ1) is 20.2. The first-order valence-corrected chi connectivity index (χ1v) is 14.5. The van der Waals surface area contributed by atoms with Crippen LogP contribution in [-0.4, -0.2) is 55.5 Å². The molecule has 8 nitrogen and oxygen atoms in total. The van der Waals surface area contributed by atoms with Crippen molar-refractivity contribution in [3.63, 3.8) is 0 Å². The van der Waals surface area contributed by atoms with Crippen molar-refractivity contribution < 1.29 is 38.1 Å². The first-order valence-electron chi connectivity index (χ1n) is 14.5. The van der Waals surface area contributed by atoms with Crippen LogP contribution in [0.4, 0.5) is 0 Å². The van der Waals surface area contributed by atoms with Gasteiger partial charge in [0.05, 0.1) is 6.61 Å². The second-order valence-electron chi connectivity index (χ2n) is 10.9. The largest absolute Gasteiger partial charge is 0.464 e. The summed E-state index contributed by atoms with van der Waals surface area (Å²) in [6.07, 6.45) is 0.392. The number of hydrogen-bond acceptors (Lipinski definition) is 8. The van der Waals surface area contributed by atoms with E-state index < -0.39 is 42.3 Å². The van der Waals surface area contributed by atoms with Crippen molar-refractivity contribution in [2.24, 2.45) is 0 Å². The number of carbonyl (C=O) groups excluding carboxylic acids is 3. The molecule has 226 valence electrons. The molecule has 0 unspecified atom stereocenters. The molecule has 0 radical (unpaired) electrons. The monoisotopic (exact) mass is 578 g/mol. The third-order valence-electron chi connectivity index (χ3n) is 6.28. The molecule has 0 heterocycles. The van der Waals surface area contributed by atoms with Crippen LogP contribution in [-0.2, 0) is 51.1 Å². The third kappa shape index (κ3) is 11.3. The number of esters is 3. The van der Waals surface area contributed by atoms with Crippen LogP contribution in [0.2, 0.25) is 0 Å². The maximum Gasteiger partial charge on any atom is 0.339 e. The second kappa shape index (κ2) is 16.6. The SMILES string of the molecule is CCOC(=O)CO[C@@H](C(=O)OCc1ccccc1)[C@@H](OCCCCCc1ccc2ccccc2c1)C(=O)OC(C)(C)C. The van der Waals surface area contributed by atoms with E-state index in [2.05, 4.69) is 30.3 Å². The van der Waals surface area contributed by atoms with Crippen LogP contribution in [0, 0.1) is 0 Å². The van der Waals surface area contributed by atoms with Gasteiger partial charge in [0.25, 0.3) is 0 Å². The van der Waals surface area contributed by atoms with E-state index in [4.69, 9.17) is 23.7 Å². The van der Waals surface area contributed by atoms with Crippen molar-refractivity contribution in [3.05, 3.63) is 83.9 Å². The van der Waals surface area contributed by atoms with Crippen molar-refractivity contribution in [1.29, 1.82) is 0 Å². The molecule has 0 amide bonds. The summed E-state index contributed by atoms with van der Waals surface area (Å²) in [6, 6.07) is 23.9. The van der Waals surface area contributed by atoms with Gasteiger partial charge in [-0.05, 0) is 68.9 Å². The van der Waals surface area contributed by atoms with Gasteiger partial charge in [0, 0.05) is 6.61 Å². The standard InChI is InChI=1S/C34H42O8/c1-5-38-29(35)24-40-30(32(36)41-23-26-15-8-6-9-16-26)31(33(37)42-34(2,3)4)39-21-13-7-10-14-25-19-20-27-17-11-12-18-28(27)22-25/h6,8-9,11-12,15-20,22,30-31H,5,7,10,13-14,21,23-24H2,1-4H3/t30-,31-/m1/s1. The van der Waals surface area contributed by atoms with E-state index >= 15 is 0 Å². The van der Waals surface area contributed by atoms with Crippen LogP contribution < -0.4 is 0 Å². The van der Waals surface area contributed by atoms with Gasteiger partial charge in [-0.1, -0.05) is 79.2 Å². The molecule has 3 rings (SSSR count). The Morgan fingerprint density at radius 1 is 0.714 bits per heavy atom. The Labute approximate surface area is 248 Å². The van der Waals surface area contributed by atoms with Crippen molar-refractivity contribution in [1.82, 2.24) is 0 Å². The summed E-state index contributed by atoms with van der Waals surface area (Å²) >= 11 is 0. The molecular formula is C34H42O8. The van der Waals surface area contributed by atoms with Gasteiger partial charge in [-0.25, -0.2) is 14.4 Å². The molecule has 2 atom stereocenters. The van der Waals surface area contributed by atoms with Crippen LogP contribution in [0.3, 0.4) is 0 Å². The number of ether oxygens (including phenoxy) is 5. The molecule has 0 aromatic heterocycles. The molecule has 42 heavy (non-hydrogen) atoms. The molecule has 0 aliphatic heterocycles. The Morgan fingerprint density at radius 3 is 2.12 bits per heavy atom. The number of aryl methyl sites for hydroxylation is 1. The Morgan fingerprint density at radius 2 is 1.40 bits per heavy atom. The van der Waals surface area contributed by atoms with Gasteiger partial charge in [0.15, 0.2) is 12.2 Å². The fourth-order valence-corrected chi connectivity index (χ4v) is 4.30. The van der Waals surface area contributed by atoms with Gasteiger partial charge in [-0.15, -0.1) is 0 Å². The predicted molar refractivity (Wildman–Crippen MR) is 160 cm³/mol. The molecule has 0 fully saturated rings. The molecule has 0 aliphatic carbocycles. The zero-order valence-corrected chi connectivity index (χ0v) is 25.0. The highest BCUT2D eigenvalue weighted by Gasteiger charge is 2.40. The topological polar surface area (TPSA) is 97.4 Å². The molecule has 8 heteroatoms. The van der Waals surface area contributed by atoms with Crippen molar-refractivity contribution >= 4 is 28.7 Å². The Kier molecular flexibility index (Phi) is 13.0. The summed E-state index contributed by atoms with van der Waals surface area (Å²) in [5, 5.41) is 2.43. The third-order valence-corrected chi connectivity index (χ3v) is 6.28. The van der Waals surface area contributed by atoms with Gasteiger partial charge < -0.3 is 23.7 Å². The van der Waals surface area contributed by atoms with E-state index in [9.17, 15) is 14.4 Å². The fourth-order valence-electron chi connectivity index (χ4n) is 4.30. The summed E-state index contributed by atoms with van der Waals surface area (Å²) in [7, 11) is 0. The van der Waals surface area contributed by atoms with Gasteiger partial charge >= 0.3 is 17.9 Å². The number of fused-ring (bicyclic) bond motifs is 1. The molecule has 0 saturated heterocycles. The van der Waals surface area contributed by atoms with E-state index in [1.165, 1.54) is 16.3 Å². The number of benzene rings is 3. The Hall–Kier alpha value is -3.75. The number of hydrogen-bond donors (Lipinski definition) is 0. The zero-order valence-electron chi connectivity index (χ0n) is 25.0. The summed E-state index contributed by atoms with van der Waals surface area (Å²) in [6.45, 7) is 6.58. The van der Waals surface area contributed by atoms with E-state index in [0.29, 0.717) is 6.42 Å². The molecule has 0 bridgehead atoms. The number of unbranched alkanes of at least 4 members (excludes halogenated alkanes) is 2. The minimum absolute atomic E-state index is 0.0330. The van der Waals surface area contributed by atoms with Gasteiger partial charge in [0.1, 0.15) is 18.8 Å². The normalized spacial score (nSPS) is 12.9.